The number of hydrogen-bond donors (Lipinski definition) is 1. The molecule has 0 fully saturated rings. The molecule has 1 rings (SSSR count). The maximum absolute atomic E-state index is 12.7. The van der Waals surface area contributed by atoms with Gasteiger partial charge in [-0.2, -0.15) is 13.2 Å². The van der Waals surface area contributed by atoms with Crippen molar-refractivity contribution in [3.05, 3.63) is 29.3 Å². The van der Waals surface area contributed by atoms with Crippen LogP contribution in [0.15, 0.2) is 24.3 Å². The predicted molar refractivity (Wildman–Crippen MR) is 59.8 cm³/mol. The van der Waals surface area contributed by atoms with Gasteiger partial charge < -0.3 is 5.32 Å². The van der Waals surface area contributed by atoms with Gasteiger partial charge in [0.05, 0.1) is 0 Å². The average Bonchev–Trinajstić information content (AvgIpc) is 2.12. The summed E-state index contributed by atoms with van der Waals surface area (Å²) < 4.78 is 38.0. The van der Waals surface area contributed by atoms with E-state index < -0.39 is 18.1 Å². The van der Waals surface area contributed by atoms with Crippen molar-refractivity contribution in [2.45, 2.75) is 26.1 Å². The van der Waals surface area contributed by atoms with Gasteiger partial charge in [-0.05, 0) is 24.1 Å². The molecule has 0 bridgehead atoms. The highest BCUT2D eigenvalue weighted by molar-refractivity contribution is 6.30. The SMILES string of the molecule is CC(C)C(Nc1cccc(Cl)c1)C(F)(F)F. The van der Waals surface area contributed by atoms with E-state index in [1.54, 1.807) is 18.2 Å². The third-order valence-electron chi connectivity index (χ3n) is 2.17. The number of rotatable bonds is 3. The van der Waals surface area contributed by atoms with Gasteiger partial charge in [0.25, 0.3) is 0 Å². The molecule has 5 heteroatoms. The van der Waals surface area contributed by atoms with E-state index in [2.05, 4.69) is 5.32 Å². The highest BCUT2D eigenvalue weighted by atomic mass is 35.5. The summed E-state index contributed by atoms with van der Waals surface area (Å²) in [6.45, 7) is 3.05. The number of hydrogen-bond acceptors (Lipinski definition) is 1. The van der Waals surface area contributed by atoms with E-state index in [1.165, 1.54) is 19.9 Å². The maximum atomic E-state index is 12.7. The summed E-state index contributed by atoms with van der Waals surface area (Å²) in [5.41, 5.74) is 0.378. The molecule has 0 aliphatic rings. The van der Waals surface area contributed by atoms with Crippen LogP contribution in [0.1, 0.15) is 13.8 Å². The van der Waals surface area contributed by atoms with Crippen LogP contribution in [-0.4, -0.2) is 12.2 Å². The van der Waals surface area contributed by atoms with Gasteiger partial charge in [-0.25, -0.2) is 0 Å². The molecule has 0 heterocycles. The normalized spacial score (nSPS) is 13.9. The van der Waals surface area contributed by atoms with Crippen molar-refractivity contribution in [3.63, 3.8) is 0 Å². The second-order valence-corrected chi connectivity index (χ2v) is 4.35. The smallest absolute Gasteiger partial charge is 0.374 e. The summed E-state index contributed by atoms with van der Waals surface area (Å²) in [7, 11) is 0. The molecule has 0 aromatic heterocycles. The minimum atomic E-state index is -4.27. The lowest BCUT2D eigenvalue weighted by atomic mass is 10.0. The minimum Gasteiger partial charge on any atom is -0.374 e. The van der Waals surface area contributed by atoms with Crippen LogP contribution in [-0.2, 0) is 0 Å². The average molecular weight is 252 g/mol. The van der Waals surface area contributed by atoms with Gasteiger partial charge in [-0.15, -0.1) is 0 Å². The van der Waals surface area contributed by atoms with Crippen molar-refractivity contribution >= 4 is 17.3 Å². The van der Waals surface area contributed by atoms with E-state index in [0.29, 0.717) is 10.7 Å². The van der Waals surface area contributed by atoms with Gasteiger partial charge in [0.1, 0.15) is 6.04 Å². The fraction of sp³-hybridized carbons (Fsp3) is 0.455. The van der Waals surface area contributed by atoms with E-state index in [4.69, 9.17) is 11.6 Å². The van der Waals surface area contributed by atoms with Crippen molar-refractivity contribution in [3.8, 4) is 0 Å². The van der Waals surface area contributed by atoms with Crippen molar-refractivity contribution in [2.24, 2.45) is 5.92 Å². The lowest BCUT2D eigenvalue weighted by molar-refractivity contribution is -0.150. The summed E-state index contributed by atoms with van der Waals surface area (Å²) in [5.74, 6) is -0.543. The molecule has 0 aliphatic carbocycles. The van der Waals surface area contributed by atoms with Crippen molar-refractivity contribution in [1.82, 2.24) is 0 Å². The number of anilines is 1. The zero-order chi connectivity index (χ0) is 12.3. The largest absolute Gasteiger partial charge is 0.408 e. The Kier molecular flexibility index (Phi) is 4.08. The molecule has 0 aliphatic heterocycles. The first kappa shape index (κ1) is 13.2. The van der Waals surface area contributed by atoms with E-state index in [9.17, 15) is 13.2 Å². The Bertz CT molecular complexity index is 349. The Hall–Kier alpha value is -0.900. The Labute approximate surface area is 97.6 Å². The highest BCUT2D eigenvalue weighted by Crippen LogP contribution is 2.29. The van der Waals surface area contributed by atoms with E-state index in [0.717, 1.165) is 0 Å². The van der Waals surface area contributed by atoms with Crippen LogP contribution in [0.3, 0.4) is 0 Å². The van der Waals surface area contributed by atoms with Gasteiger partial charge in [-0.1, -0.05) is 31.5 Å². The van der Waals surface area contributed by atoms with Gasteiger partial charge in [0, 0.05) is 10.7 Å². The van der Waals surface area contributed by atoms with Crippen LogP contribution in [0.2, 0.25) is 5.02 Å². The van der Waals surface area contributed by atoms with Crippen LogP contribution in [0, 0.1) is 5.92 Å². The van der Waals surface area contributed by atoms with Crippen molar-refractivity contribution in [1.29, 1.82) is 0 Å². The first-order valence-corrected chi connectivity index (χ1v) is 5.27. The molecular weight excluding hydrogens is 239 g/mol. The zero-order valence-corrected chi connectivity index (χ0v) is 9.73. The summed E-state index contributed by atoms with van der Waals surface area (Å²) >= 11 is 5.70. The van der Waals surface area contributed by atoms with Gasteiger partial charge >= 0.3 is 6.18 Å². The highest BCUT2D eigenvalue weighted by Gasteiger charge is 2.41. The van der Waals surface area contributed by atoms with E-state index >= 15 is 0 Å². The molecule has 0 saturated carbocycles. The van der Waals surface area contributed by atoms with Gasteiger partial charge in [-0.3, -0.25) is 0 Å². The fourth-order valence-electron chi connectivity index (χ4n) is 1.38. The Morgan fingerprint density at radius 3 is 2.31 bits per heavy atom. The Balaban J connectivity index is 2.84. The molecule has 1 atom stereocenters. The first-order valence-electron chi connectivity index (χ1n) is 4.89. The summed E-state index contributed by atoms with van der Waals surface area (Å²) in [6.07, 6.45) is -4.27. The lowest BCUT2D eigenvalue weighted by Crippen LogP contribution is -2.40. The molecule has 1 N–H and O–H groups in total. The first-order chi connectivity index (χ1) is 7.30. The molecule has 0 spiro atoms. The lowest BCUT2D eigenvalue weighted by Gasteiger charge is -2.26. The summed E-state index contributed by atoms with van der Waals surface area (Å²) in [4.78, 5) is 0. The molecule has 0 radical (unpaired) electrons. The molecule has 0 saturated heterocycles. The maximum Gasteiger partial charge on any atom is 0.408 e. The summed E-state index contributed by atoms with van der Waals surface area (Å²) in [6, 6.07) is 4.70. The number of alkyl halides is 3. The van der Waals surface area contributed by atoms with Crippen molar-refractivity contribution in [2.75, 3.05) is 5.32 Å². The molecule has 16 heavy (non-hydrogen) atoms. The number of halogens is 4. The molecule has 90 valence electrons. The van der Waals surface area contributed by atoms with Crippen LogP contribution >= 0.6 is 11.6 Å². The Morgan fingerprint density at radius 2 is 1.88 bits per heavy atom. The van der Waals surface area contributed by atoms with E-state index in [1.807, 2.05) is 0 Å². The molecule has 1 aromatic carbocycles. The molecule has 1 unspecified atom stereocenters. The van der Waals surface area contributed by atoms with Crippen LogP contribution < -0.4 is 5.32 Å². The number of benzene rings is 1. The van der Waals surface area contributed by atoms with Gasteiger partial charge in [0.2, 0.25) is 0 Å². The molecular formula is C11H13ClF3N. The summed E-state index contributed by atoms with van der Waals surface area (Å²) in [5, 5.41) is 2.86. The van der Waals surface area contributed by atoms with Crippen molar-refractivity contribution < 1.29 is 13.2 Å². The quantitative estimate of drug-likeness (QED) is 0.843. The second-order valence-electron chi connectivity index (χ2n) is 3.92. The molecule has 1 nitrogen and oxygen atoms in total. The van der Waals surface area contributed by atoms with Crippen LogP contribution in [0.5, 0.6) is 0 Å². The Morgan fingerprint density at radius 1 is 1.25 bits per heavy atom. The standard InChI is InChI=1S/C11H13ClF3N/c1-7(2)10(11(13,14)15)16-9-5-3-4-8(12)6-9/h3-7,10,16H,1-2H3. The second kappa shape index (κ2) is 4.95. The van der Waals surface area contributed by atoms with Crippen LogP contribution in [0.4, 0.5) is 18.9 Å². The van der Waals surface area contributed by atoms with Crippen LogP contribution in [0.25, 0.3) is 0 Å². The topological polar surface area (TPSA) is 12.0 Å². The van der Waals surface area contributed by atoms with Gasteiger partial charge in [0.15, 0.2) is 0 Å². The number of nitrogens with one attached hydrogen (secondary N) is 1. The fourth-order valence-corrected chi connectivity index (χ4v) is 1.57. The monoisotopic (exact) mass is 251 g/mol. The minimum absolute atomic E-state index is 0.378. The third-order valence-corrected chi connectivity index (χ3v) is 2.40. The van der Waals surface area contributed by atoms with E-state index in [-0.39, 0.29) is 0 Å². The zero-order valence-electron chi connectivity index (χ0n) is 8.98. The molecule has 0 amide bonds. The predicted octanol–water partition coefficient (Wildman–Crippen LogP) is 4.34. The third kappa shape index (κ3) is 3.59. The molecule has 1 aromatic rings.